The van der Waals surface area contributed by atoms with E-state index in [1.165, 1.54) is 0 Å². The van der Waals surface area contributed by atoms with Crippen LogP contribution in [-0.2, 0) is 0 Å². The molecule has 0 bridgehead atoms. The second-order valence-corrected chi connectivity index (χ2v) is 4.75. The van der Waals surface area contributed by atoms with Crippen LogP contribution in [0.1, 0.15) is 31.4 Å². The van der Waals surface area contributed by atoms with Crippen LogP contribution in [0.2, 0.25) is 10.0 Å². The Bertz CT molecular complexity index is 393. The van der Waals surface area contributed by atoms with E-state index in [1.807, 2.05) is 6.92 Å². The van der Waals surface area contributed by atoms with Gasteiger partial charge in [-0.05, 0) is 24.6 Å². The fourth-order valence-electron chi connectivity index (χ4n) is 1.63. The first kappa shape index (κ1) is 15.6. The number of hydrogen-bond acceptors (Lipinski definition) is 1. The SMILES string of the molecule is CCCNC(CC(F)(F)F)c1cccc(Cl)c1Cl. The molecule has 18 heavy (non-hydrogen) atoms. The highest BCUT2D eigenvalue weighted by Gasteiger charge is 2.33. The second-order valence-electron chi connectivity index (χ2n) is 3.97. The largest absolute Gasteiger partial charge is 0.390 e. The number of nitrogens with one attached hydrogen (secondary N) is 1. The van der Waals surface area contributed by atoms with Crippen LogP contribution in [0.4, 0.5) is 13.2 Å². The van der Waals surface area contributed by atoms with Gasteiger partial charge in [0, 0.05) is 6.04 Å². The fourth-order valence-corrected chi connectivity index (χ4v) is 2.07. The lowest BCUT2D eigenvalue weighted by molar-refractivity contribution is -0.140. The van der Waals surface area contributed by atoms with Crippen LogP contribution in [-0.4, -0.2) is 12.7 Å². The third-order valence-electron chi connectivity index (χ3n) is 2.43. The molecule has 0 radical (unpaired) electrons. The van der Waals surface area contributed by atoms with Crippen molar-refractivity contribution in [2.45, 2.75) is 32.0 Å². The van der Waals surface area contributed by atoms with Crippen molar-refractivity contribution in [2.24, 2.45) is 0 Å². The van der Waals surface area contributed by atoms with Gasteiger partial charge in [-0.25, -0.2) is 0 Å². The average molecular weight is 300 g/mol. The maximum Gasteiger partial charge on any atom is 0.390 e. The Balaban J connectivity index is 2.97. The zero-order valence-electron chi connectivity index (χ0n) is 9.82. The summed E-state index contributed by atoms with van der Waals surface area (Å²) in [4.78, 5) is 0. The topological polar surface area (TPSA) is 12.0 Å². The van der Waals surface area contributed by atoms with Gasteiger partial charge in [-0.1, -0.05) is 42.3 Å². The highest BCUT2D eigenvalue weighted by molar-refractivity contribution is 6.42. The first-order valence-electron chi connectivity index (χ1n) is 5.59. The van der Waals surface area contributed by atoms with Crippen molar-refractivity contribution in [3.8, 4) is 0 Å². The van der Waals surface area contributed by atoms with Crippen LogP contribution >= 0.6 is 23.2 Å². The normalized spacial score (nSPS) is 13.7. The molecule has 0 aliphatic carbocycles. The fraction of sp³-hybridized carbons (Fsp3) is 0.500. The third kappa shape index (κ3) is 4.67. The van der Waals surface area contributed by atoms with Crippen LogP contribution in [0.15, 0.2) is 18.2 Å². The summed E-state index contributed by atoms with van der Waals surface area (Å²) in [6.07, 6.45) is -4.48. The van der Waals surface area contributed by atoms with E-state index < -0.39 is 18.6 Å². The van der Waals surface area contributed by atoms with Gasteiger partial charge in [0.2, 0.25) is 0 Å². The predicted octanol–water partition coefficient (Wildman–Crippen LogP) is 4.99. The summed E-state index contributed by atoms with van der Waals surface area (Å²) < 4.78 is 37.6. The summed E-state index contributed by atoms with van der Waals surface area (Å²) in [7, 11) is 0. The zero-order chi connectivity index (χ0) is 13.8. The summed E-state index contributed by atoms with van der Waals surface area (Å²) >= 11 is 11.8. The van der Waals surface area contributed by atoms with E-state index in [0.717, 1.165) is 6.42 Å². The number of benzene rings is 1. The molecule has 0 saturated carbocycles. The average Bonchev–Trinajstić information content (AvgIpc) is 2.27. The molecule has 1 aromatic rings. The van der Waals surface area contributed by atoms with Crippen LogP contribution in [0.25, 0.3) is 0 Å². The summed E-state index contributed by atoms with van der Waals surface area (Å²) in [6.45, 7) is 2.38. The Morgan fingerprint density at radius 3 is 2.50 bits per heavy atom. The van der Waals surface area contributed by atoms with Crippen molar-refractivity contribution in [3.05, 3.63) is 33.8 Å². The van der Waals surface area contributed by atoms with Crippen molar-refractivity contribution in [3.63, 3.8) is 0 Å². The molecule has 1 rings (SSSR count). The minimum atomic E-state index is -4.25. The lowest BCUT2D eigenvalue weighted by Crippen LogP contribution is -2.27. The van der Waals surface area contributed by atoms with Crippen molar-refractivity contribution in [1.29, 1.82) is 0 Å². The van der Waals surface area contributed by atoms with Gasteiger partial charge >= 0.3 is 6.18 Å². The van der Waals surface area contributed by atoms with Gasteiger partial charge in [-0.15, -0.1) is 0 Å². The molecule has 0 amide bonds. The minimum Gasteiger partial charge on any atom is -0.310 e. The third-order valence-corrected chi connectivity index (χ3v) is 3.27. The minimum absolute atomic E-state index is 0.178. The molecule has 1 unspecified atom stereocenters. The van der Waals surface area contributed by atoms with Crippen molar-refractivity contribution in [1.82, 2.24) is 5.32 Å². The molecule has 0 heterocycles. The van der Waals surface area contributed by atoms with Crippen molar-refractivity contribution < 1.29 is 13.2 Å². The molecule has 1 atom stereocenters. The summed E-state index contributed by atoms with van der Waals surface area (Å²) in [5, 5.41) is 3.29. The van der Waals surface area contributed by atoms with Crippen LogP contribution in [0, 0.1) is 0 Å². The van der Waals surface area contributed by atoms with Crippen LogP contribution in [0.5, 0.6) is 0 Å². The highest BCUT2D eigenvalue weighted by Crippen LogP contribution is 2.35. The Morgan fingerprint density at radius 1 is 1.28 bits per heavy atom. The second kappa shape index (κ2) is 6.64. The Hall–Kier alpha value is -0.450. The molecule has 1 nitrogen and oxygen atoms in total. The van der Waals surface area contributed by atoms with E-state index in [9.17, 15) is 13.2 Å². The summed E-state index contributed by atoms with van der Waals surface area (Å²) in [6, 6.07) is 3.85. The molecule has 0 spiro atoms. The summed E-state index contributed by atoms with van der Waals surface area (Å²) in [5.74, 6) is 0. The zero-order valence-corrected chi connectivity index (χ0v) is 11.3. The Labute approximate surface area is 114 Å². The van der Waals surface area contributed by atoms with Gasteiger partial charge in [0.05, 0.1) is 16.5 Å². The summed E-state index contributed by atoms with van der Waals surface area (Å²) in [5.41, 5.74) is 0.384. The molecule has 0 fully saturated rings. The van der Waals surface area contributed by atoms with E-state index in [2.05, 4.69) is 5.32 Å². The number of hydrogen-bond donors (Lipinski definition) is 1. The molecule has 102 valence electrons. The highest BCUT2D eigenvalue weighted by atomic mass is 35.5. The molecule has 1 N–H and O–H groups in total. The van der Waals surface area contributed by atoms with Crippen LogP contribution < -0.4 is 5.32 Å². The molecule has 1 aromatic carbocycles. The maximum atomic E-state index is 12.5. The van der Waals surface area contributed by atoms with Gasteiger partial charge < -0.3 is 5.32 Å². The molecule has 0 saturated heterocycles. The standard InChI is InChI=1S/C12H14Cl2F3N/c1-2-6-18-10(7-12(15,16)17)8-4-3-5-9(13)11(8)14/h3-5,10,18H,2,6-7H2,1H3. The number of alkyl halides is 3. The van der Waals surface area contributed by atoms with E-state index in [0.29, 0.717) is 12.1 Å². The van der Waals surface area contributed by atoms with Crippen LogP contribution in [0.3, 0.4) is 0 Å². The molecule has 6 heteroatoms. The van der Waals surface area contributed by atoms with Gasteiger partial charge in [-0.3, -0.25) is 0 Å². The van der Waals surface area contributed by atoms with Gasteiger partial charge in [0.1, 0.15) is 0 Å². The molecular formula is C12H14Cl2F3N. The number of halogens is 5. The predicted molar refractivity (Wildman–Crippen MR) is 68.2 cm³/mol. The maximum absolute atomic E-state index is 12.5. The first-order chi connectivity index (χ1) is 8.35. The number of rotatable bonds is 5. The Kier molecular flexibility index (Phi) is 5.76. The van der Waals surface area contributed by atoms with E-state index in [-0.39, 0.29) is 10.0 Å². The smallest absolute Gasteiger partial charge is 0.310 e. The van der Waals surface area contributed by atoms with E-state index in [4.69, 9.17) is 23.2 Å². The van der Waals surface area contributed by atoms with Gasteiger partial charge in [0.15, 0.2) is 0 Å². The van der Waals surface area contributed by atoms with Gasteiger partial charge in [-0.2, -0.15) is 13.2 Å². The lowest BCUT2D eigenvalue weighted by Gasteiger charge is -2.22. The first-order valence-corrected chi connectivity index (χ1v) is 6.34. The van der Waals surface area contributed by atoms with Crippen molar-refractivity contribution in [2.75, 3.05) is 6.54 Å². The lowest BCUT2D eigenvalue weighted by atomic mass is 10.0. The van der Waals surface area contributed by atoms with E-state index >= 15 is 0 Å². The van der Waals surface area contributed by atoms with Crippen molar-refractivity contribution >= 4 is 23.2 Å². The van der Waals surface area contributed by atoms with Gasteiger partial charge in [0.25, 0.3) is 0 Å². The van der Waals surface area contributed by atoms with E-state index in [1.54, 1.807) is 18.2 Å². The monoisotopic (exact) mass is 299 g/mol. The molecule has 0 aliphatic heterocycles. The Morgan fingerprint density at radius 2 is 1.94 bits per heavy atom. The molecule has 0 aliphatic rings. The molecular weight excluding hydrogens is 286 g/mol. The molecule has 0 aromatic heterocycles. The quantitative estimate of drug-likeness (QED) is 0.808.